The number of nitrogens with one attached hydrogen (secondary N) is 1. The van der Waals surface area contributed by atoms with Gasteiger partial charge in [-0.15, -0.1) is 4.68 Å². The molecule has 1 N–H and O–H groups in total. The topological polar surface area (TPSA) is 85.7 Å². The van der Waals surface area contributed by atoms with Crippen molar-refractivity contribution in [2.45, 2.75) is 13.5 Å². The fourth-order valence-corrected chi connectivity index (χ4v) is 4.02. The number of aromatic amines is 1. The third-order valence-corrected chi connectivity index (χ3v) is 5.85. The van der Waals surface area contributed by atoms with E-state index in [9.17, 15) is 9.59 Å². The number of ether oxygens (including phenoxy) is 2. The molecule has 1 aromatic heterocycles. The van der Waals surface area contributed by atoms with Gasteiger partial charge in [0.15, 0.2) is 11.5 Å². The number of para-hydroxylation sites is 1. The minimum absolute atomic E-state index is 0.362. The van der Waals surface area contributed by atoms with Gasteiger partial charge in [0.05, 0.1) is 28.2 Å². The van der Waals surface area contributed by atoms with Crippen LogP contribution < -0.4 is 20.7 Å². The van der Waals surface area contributed by atoms with E-state index in [4.69, 9.17) is 9.47 Å². The van der Waals surface area contributed by atoms with E-state index >= 15 is 0 Å². The molecule has 1 heterocycles. The van der Waals surface area contributed by atoms with E-state index in [1.807, 2.05) is 31.2 Å². The maximum absolute atomic E-state index is 12.7. The molecule has 0 saturated heterocycles. The highest BCUT2D eigenvalue weighted by atomic mass is 79.9. The summed E-state index contributed by atoms with van der Waals surface area (Å²) in [6, 6.07) is 18.2. The van der Waals surface area contributed by atoms with Crippen LogP contribution in [0.4, 0.5) is 0 Å². The van der Waals surface area contributed by atoms with Gasteiger partial charge in [-0.3, -0.25) is 4.79 Å². The molecule has 9 heteroatoms. The molecule has 0 bridgehead atoms. The number of H-pyrrole nitrogens is 1. The van der Waals surface area contributed by atoms with Gasteiger partial charge < -0.3 is 14.5 Å². The number of aromatic nitrogens is 2. The van der Waals surface area contributed by atoms with Gasteiger partial charge in [0, 0.05) is 4.47 Å². The number of rotatable bonds is 7. The first-order chi connectivity index (χ1) is 16.0. The Labute approximate surface area is 205 Å². The second-order valence-corrected chi connectivity index (χ2v) is 8.79. The summed E-state index contributed by atoms with van der Waals surface area (Å²) in [6.45, 7) is 2.67. The molecule has 3 aromatic carbocycles. The molecule has 0 fully saturated rings. The third-order valence-electron chi connectivity index (χ3n) is 4.73. The summed E-state index contributed by atoms with van der Waals surface area (Å²) < 4.78 is 14.2. The lowest BCUT2D eigenvalue weighted by molar-refractivity contribution is 0.267. The number of hydrogen-bond acceptors (Lipinski definition) is 5. The lowest BCUT2D eigenvalue weighted by atomic mass is 10.2. The summed E-state index contributed by atoms with van der Waals surface area (Å²) in [7, 11) is 0. The largest absolute Gasteiger partial charge is 0.490 e. The van der Waals surface area contributed by atoms with Crippen LogP contribution in [0, 0.1) is 0 Å². The Morgan fingerprint density at radius 3 is 2.55 bits per heavy atom. The number of fused-ring (bicyclic) bond motifs is 1. The van der Waals surface area contributed by atoms with Crippen molar-refractivity contribution in [1.29, 1.82) is 0 Å². The number of nitrogens with zero attached hydrogens (tertiary/aromatic N) is 2. The molecular weight excluding hydrogens is 554 g/mol. The first kappa shape index (κ1) is 23.0. The molecule has 0 aliphatic carbocycles. The van der Waals surface area contributed by atoms with E-state index in [1.54, 1.807) is 36.4 Å². The Morgan fingerprint density at radius 1 is 1.03 bits per heavy atom. The lowest BCUT2D eigenvalue weighted by Crippen LogP contribution is -2.32. The molecule has 4 aromatic rings. The Hall–Kier alpha value is -3.17. The van der Waals surface area contributed by atoms with Crippen molar-refractivity contribution in [2.75, 3.05) is 6.61 Å². The van der Waals surface area contributed by atoms with Crippen LogP contribution in [-0.4, -0.2) is 22.5 Å². The molecule has 0 amide bonds. The first-order valence-electron chi connectivity index (χ1n) is 10.1. The van der Waals surface area contributed by atoms with Crippen LogP contribution in [0.15, 0.2) is 84.3 Å². The van der Waals surface area contributed by atoms with Crippen molar-refractivity contribution in [3.05, 3.63) is 102 Å². The van der Waals surface area contributed by atoms with Crippen molar-refractivity contribution in [1.82, 2.24) is 9.66 Å². The summed E-state index contributed by atoms with van der Waals surface area (Å²) in [5.74, 6) is 1.07. The molecule has 7 nitrogen and oxygen atoms in total. The normalized spacial score (nSPS) is 11.2. The van der Waals surface area contributed by atoms with E-state index in [-0.39, 0.29) is 0 Å². The molecule has 0 aliphatic heterocycles. The highest BCUT2D eigenvalue weighted by Gasteiger charge is 2.13. The van der Waals surface area contributed by atoms with Gasteiger partial charge in [-0.1, -0.05) is 40.2 Å². The summed E-state index contributed by atoms with van der Waals surface area (Å²) >= 11 is 6.95. The van der Waals surface area contributed by atoms with Gasteiger partial charge in [-0.2, -0.15) is 5.10 Å². The number of hydrogen-bond donors (Lipinski definition) is 1. The molecule has 0 atom stereocenters. The van der Waals surface area contributed by atoms with E-state index < -0.39 is 11.2 Å². The Kier molecular flexibility index (Phi) is 7.10. The van der Waals surface area contributed by atoms with Crippen LogP contribution in [0.2, 0.25) is 0 Å². The summed E-state index contributed by atoms with van der Waals surface area (Å²) in [4.78, 5) is 27.7. The Bertz CT molecular complexity index is 1440. The third kappa shape index (κ3) is 5.26. The van der Waals surface area contributed by atoms with Gasteiger partial charge >= 0.3 is 5.69 Å². The molecule has 0 radical (unpaired) electrons. The molecular formula is C24H19Br2N3O4. The second kappa shape index (κ2) is 10.2. The van der Waals surface area contributed by atoms with Crippen LogP contribution in [0.1, 0.15) is 18.1 Å². The summed E-state index contributed by atoms with van der Waals surface area (Å²) in [6.07, 6.45) is 1.43. The smallest absolute Gasteiger partial charge is 0.349 e. The van der Waals surface area contributed by atoms with E-state index in [2.05, 4.69) is 41.9 Å². The highest BCUT2D eigenvalue weighted by molar-refractivity contribution is 9.10. The van der Waals surface area contributed by atoms with Gasteiger partial charge in [-0.25, -0.2) is 4.79 Å². The predicted molar refractivity (Wildman–Crippen MR) is 136 cm³/mol. The summed E-state index contributed by atoms with van der Waals surface area (Å²) in [5.41, 5.74) is 0.985. The molecule has 0 saturated carbocycles. The van der Waals surface area contributed by atoms with Crippen molar-refractivity contribution in [3.63, 3.8) is 0 Å². The quantitative estimate of drug-likeness (QED) is 0.313. The Balaban J connectivity index is 1.64. The fraction of sp³-hybridized carbons (Fsp3) is 0.125. The van der Waals surface area contributed by atoms with Gasteiger partial charge in [-0.05, 0) is 70.4 Å². The number of benzene rings is 3. The molecule has 0 aliphatic rings. The predicted octanol–water partition coefficient (Wildman–Crippen LogP) is 5.07. The Morgan fingerprint density at radius 2 is 1.79 bits per heavy atom. The molecule has 168 valence electrons. The monoisotopic (exact) mass is 571 g/mol. The SMILES string of the molecule is CCOc1cc(C=Nn2c(=O)[nH]c3ccccc3c2=O)cc(Br)c1OCc1ccc(Br)cc1. The maximum atomic E-state index is 12.7. The standard InChI is InChI=1S/C24H19Br2N3O4/c1-2-32-21-12-16(11-19(26)22(21)33-14-15-7-9-17(25)10-8-15)13-27-29-23(30)18-5-3-4-6-20(18)28-24(29)31/h3-13H,2,14H2,1H3,(H,28,31). The minimum Gasteiger partial charge on any atom is -0.490 e. The van der Waals surface area contributed by atoms with Crippen LogP contribution in [0.3, 0.4) is 0 Å². The average Bonchev–Trinajstić information content (AvgIpc) is 2.80. The average molecular weight is 573 g/mol. The lowest BCUT2D eigenvalue weighted by Gasteiger charge is -2.14. The molecule has 4 rings (SSSR count). The van der Waals surface area contributed by atoms with E-state index in [1.165, 1.54) is 6.21 Å². The highest BCUT2D eigenvalue weighted by Crippen LogP contribution is 2.37. The zero-order chi connectivity index (χ0) is 23.4. The fourth-order valence-electron chi connectivity index (χ4n) is 3.18. The van der Waals surface area contributed by atoms with Crippen LogP contribution in [0.25, 0.3) is 10.9 Å². The minimum atomic E-state index is -0.617. The number of halogens is 2. The van der Waals surface area contributed by atoms with Crippen molar-refractivity contribution < 1.29 is 9.47 Å². The van der Waals surface area contributed by atoms with Crippen molar-refractivity contribution in [3.8, 4) is 11.5 Å². The van der Waals surface area contributed by atoms with E-state index in [0.717, 1.165) is 14.7 Å². The van der Waals surface area contributed by atoms with Crippen LogP contribution in [0.5, 0.6) is 11.5 Å². The van der Waals surface area contributed by atoms with Crippen LogP contribution >= 0.6 is 31.9 Å². The zero-order valence-electron chi connectivity index (χ0n) is 17.5. The second-order valence-electron chi connectivity index (χ2n) is 7.02. The molecule has 0 spiro atoms. The van der Waals surface area contributed by atoms with Crippen molar-refractivity contribution in [2.24, 2.45) is 5.10 Å². The van der Waals surface area contributed by atoms with Gasteiger partial charge in [0.2, 0.25) is 0 Å². The first-order valence-corrected chi connectivity index (χ1v) is 11.7. The van der Waals surface area contributed by atoms with E-state index in [0.29, 0.717) is 45.7 Å². The van der Waals surface area contributed by atoms with Gasteiger partial charge in [0.25, 0.3) is 5.56 Å². The molecule has 33 heavy (non-hydrogen) atoms. The summed E-state index contributed by atoms with van der Waals surface area (Å²) in [5, 5.41) is 4.49. The van der Waals surface area contributed by atoms with Gasteiger partial charge in [0.1, 0.15) is 6.61 Å². The van der Waals surface area contributed by atoms with Crippen LogP contribution in [-0.2, 0) is 6.61 Å². The maximum Gasteiger partial charge on any atom is 0.349 e. The zero-order valence-corrected chi connectivity index (χ0v) is 20.7. The van der Waals surface area contributed by atoms with Crippen molar-refractivity contribution >= 4 is 49.0 Å². The molecule has 0 unspecified atom stereocenters.